The average Bonchev–Trinajstić information content (AvgIpc) is 2.15. The van der Waals surface area contributed by atoms with E-state index in [-0.39, 0.29) is 5.56 Å². The number of carboxylic acids is 1. The second-order valence-electron chi connectivity index (χ2n) is 3.11. The molecule has 0 aliphatic heterocycles. The topological polar surface area (TPSA) is 46.5 Å². The summed E-state index contributed by atoms with van der Waals surface area (Å²) in [6, 6.07) is 6.54. The summed E-state index contributed by atoms with van der Waals surface area (Å²) in [6.07, 6.45) is 1.53. The molecule has 0 saturated heterocycles. The van der Waals surface area contributed by atoms with Gasteiger partial charge in [0.25, 0.3) is 0 Å². The third-order valence-electron chi connectivity index (χ3n) is 1.54. The number of hydrogen-bond donors (Lipinski definition) is 1. The van der Waals surface area contributed by atoms with Crippen molar-refractivity contribution in [3.8, 4) is 5.75 Å². The molecule has 0 saturated carbocycles. The lowest BCUT2D eigenvalue weighted by atomic mass is 10.2. The van der Waals surface area contributed by atoms with Gasteiger partial charge in [0.1, 0.15) is 11.3 Å². The van der Waals surface area contributed by atoms with E-state index in [2.05, 4.69) is 0 Å². The summed E-state index contributed by atoms with van der Waals surface area (Å²) < 4.78 is 5.22. The average molecular weight is 192 g/mol. The monoisotopic (exact) mass is 192 g/mol. The number of allylic oxidation sites excluding steroid dienone is 1. The molecule has 3 heteroatoms. The SMILES string of the molecule is CC(C)=COc1ccccc1C(=O)O. The van der Waals surface area contributed by atoms with Crippen LogP contribution in [0.15, 0.2) is 36.1 Å². The van der Waals surface area contributed by atoms with Crippen LogP contribution in [0.3, 0.4) is 0 Å². The van der Waals surface area contributed by atoms with Crippen LogP contribution in [0.5, 0.6) is 5.75 Å². The molecule has 0 aromatic heterocycles. The number of benzene rings is 1. The van der Waals surface area contributed by atoms with Gasteiger partial charge < -0.3 is 9.84 Å². The fraction of sp³-hybridized carbons (Fsp3) is 0.182. The van der Waals surface area contributed by atoms with E-state index in [1.807, 2.05) is 13.8 Å². The van der Waals surface area contributed by atoms with Crippen molar-refractivity contribution in [3.05, 3.63) is 41.7 Å². The van der Waals surface area contributed by atoms with Gasteiger partial charge in [-0.05, 0) is 31.6 Å². The van der Waals surface area contributed by atoms with Crippen LogP contribution in [0.25, 0.3) is 0 Å². The van der Waals surface area contributed by atoms with Crippen LogP contribution < -0.4 is 4.74 Å². The van der Waals surface area contributed by atoms with Crippen LogP contribution in [-0.4, -0.2) is 11.1 Å². The molecule has 1 rings (SSSR count). The van der Waals surface area contributed by atoms with Crippen molar-refractivity contribution in [3.63, 3.8) is 0 Å². The smallest absolute Gasteiger partial charge is 0.339 e. The lowest BCUT2D eigenvalue weighted by Gasteiger charge is -2.04. The van der Waals surface area contributed by atoms with Crippen molar-refractivity contribution in [2.45, 2.75) is 13.8 Å². The zero-order valence-electron chi connectivity index (χ0n) is 8.15. The predicted octanol–water partition coefficient (Wildman–Crippen LogP) is 2.69. The van der Waals surface area contributed by atoms with Gasteiger partial charge in [0.05, 0.1) is 6.26 Å². The molecule has 0 aliphatic rings. The first kappa shape index (κ1) is 10.3. The molecular formula is C11H12O3. The summed E-state index contributed by atoms with van der Waals surface area (Å²) in [4.78, 5) is 10.8. The van der Waals surface area contributed by atoms with Crippen molar-refractivity contribution in [1.29, 1.82) is 0 Å². The number of ether oxygens (including phenoxy) is 1. The maximum absolute atomic E-state index is 10.8. The Morgan fingerprint density at radius 3 is 2.57 bits per heavy atom. The summed E-state index contributed by atoms with van der Waals surface area (Å²) in [6.45, 7) is 3.76. The van der Waals surface area contributed by atoms with Crippen LogP contribution in [0, 0.1) is 0 Å². The normalized spacial score (nSPS) is 9.29. The number of aromatic carboxylic acids is 1. The molecule has 1 N–H and O–H groups in total. The lowest BCUT2D eigenvalue weighted by Crippen LogP contribution is -1.99. The van der Waals surface area contributed by atoms with E-state index in [0.29, 0.717) is 5.75 Å². The zero-order chi connectivity index (χ0) is 10.6. The van der Waals surface area contributed by atoms with Gasteiger partial charge in [-0.25, -0.2) is 4.79 Å². The molecule has 0 spiro atoms. The van der Waals surface area contributed by atoms with E-state index in [1.54, 1.807) is 18.2 Å². The van der Waals surface area contributed by atoms with Gasteiger partial charge in [-0.15, -0.1) is 0 Å². The molecule has 74 valence electrons. The minimum absolute atomic E-state index is 0.171. The van der Waals surface area contributed by atoms with Gasteiger partial charge in [-0.2, -0.15) is 0 Å². The number of rotatable bonds is 3. The molecular weight excluding hydrogens is 180 g/mol. The Bertz CT molecular complexity index is 363. The van der Waals surface area contributed by atoms with Gasteiger partial charge in [-0.3, -0.25) is 0 Å². The highest BCUT2D eigenvalue weighted by atomic mass is 16.5. The molecule has 14 heavy (non-hydrogen) atoms. The standard InChI is InChI=1S/C11H12O3/c1-8(2)7-14-10-6-4-3-5-9(10)11(12)13/h3-7H,1-2H3,(H,12,13). The summed E-state index contributed by atoms with van der Waals surface area (Å²) in [5.41, 5.74) is 1.15. The Morgan fingerprint density at radius 2 is 2.00 bits per heavy atom. The molecule has 1 aromatic rings. The van der Waals surface area contributed by atoms with E-state index in [0.717, 1.165) is 5.57 Å². The molecule has 3 nitrogen and oxygen atoms in total. The van der Waals surface area contributed by atoms with Crippen LogP contribution in [0.2, 0.25) is 0 Å². The van der Waals surface area contributed by atoms with Gasteiger partial charge in [0, 0.05) is 0 Å². The summed E-state index contributed by atoms with van der Waals surface area (Å²) in [5.74, 6) is -0.621. The fourth-order valence-electron chi connectivity index (χ4n) is 0.927. The highest BCUT2D eigenvalue weighted by molar-refractivity contribution is 5.90. The maximum atomic E-state index is 10.8. The van der Waals surface area contributed by atoms with Gasteiger partial charge in [0.2, 0.25) is 0 Å². The van der Waals surface area contributed by atoms with Crippen LogP contribution in [0.4, 0.5) is 0 Å². The molecule has 0 fully saturated rings. The first-order chi connectivity index (χ1) is 6.61. The van der Waals surface area contributed by atoms with E-state index in [1.165, 1.54) is 12.3 Å². The number of hydrogen-bond acceptors (Lipinski definition) is 2. The second kappa shape index (κ2) is 4.46. The molecule has 1 aromatic carbocycles. The quantitative estimate of drug-likeness (QED) is 0.749. The highest BCUT2D eigenvalue weighted by Gasteiger charge is 2.08. The summed E-state index contributed by atoms with van der Waals surface area (Å²) in [5, 5.41) is 8.83. The van der Waals surface area contributed by atoms with Crippen LogP contribution in [-0.2, 0) is 0 Å². The number of para-hydroxylation sites is 1. The summed E-state index contributed by atoms with van der Waals surface area (Å²) in [7, 11) is 0. The minimum atomic E-state index is -0.984. The first-order valence-corrected chi connectivity index (χ1v) is 4.23. The Balaban J connectivity index is 2.96. The highest BCUT2D eigenvalue weighted by Crippen LogP contribution is 2.18. The molecule has 0 heterocycles. The largest absolute Gasteiger partial charge is 0.478 e. The zero-order valence-corrected chi connectivity index (χ0v) is 8.15. The van der Waals surface area contributed by atoms with E-state index >= 15 is 0 Å². The van der Waals surface area contributed by atoms with Crippen molar-refractivity contribution >= 4 is 5.97 Å². The maximum Gasteiger partial charge on any atom is 0.339 e. The third kappa shape index (κ3) is 2.62. The Morgan fingerprint density at radius 1 is 1.36 bits per heavy atom. The third-order valence-corrected chi connectivity index (χ3v) is 1.54. The molecule has 0 amide bonds. The Labute approximate surface area is 82.6 Å². The number of carboxylic acid groups (broad SMARTS) is 1. The summed E-state index contributed by atoms with van der Waals surface area (Å²) >= 11 is 0. The predicted molar refractivity (Wildman–Crippen MR) is 53.5 cm³/mol. The molecule has 0 radical (unpaired) electrons. The minimum Gasteiger partial charge on any atom is -0.478 e. The van der Waals surface area contributed by atoms with Crippen LogP contribution >= 0.6 is 0 Å². The van der Waals surface area contributed by atoms with Crippen LogP contribution in [0.1, 0.15) is 24.2 Å². The lowest BCUT2D eigenvalue weighted by molar-refractivity contribution is 0.0694. The van der Waals surface area contributed by atoms with E-state index in [4.69, 9.17) is 9.84 Å². The van der Waals surface area contributed by atoms with Gasteiger partial charge >= 0.3 is 5.97 Å². The first-order valence-electron chi connectivity index (χ1n) is 4.23. The molecule has 0 aliphatic carbocycles. The van der Waals surface area contributed by atoms with Crippen molar-refractivity contribution in [2.75, 3.05) is 0 Å². The molecule has 0 bridgehead atoms. The molecule has 0 unspecified atom stereocenters. The van der Waals surface area contributed by atoms with E-state index < -0.39 is 5.97 Å². The number of carbonyl (C=O) groups is 1. The Hall–Kier alpha value is -1.77. The van der Waals surface area contributed by atoms with E-state index in [9.17, 15) is 4.79 Å². The molecule has 0 atom stereocenters. The van der Waals surface area contributed by atoms with Crippen molar-refractivity contribution in [2.24, 2.45) is 0 Å². The van der Waals surface area contributed by atoms with Gasteiger partial charge in [-0.1, -0.05) is 12.1 Å². The van der Waals surface area contributed by atoms with Crippen molar-refractivity contribution in [1.82, 2.24) is 0 Å². The van der Waals surface area contributed by atoms with Gasteiger partial charge in [0.15, 0.2) is 0 Å². The van der Waals surface area contributed by atoms with Crippen molar-refractivity contribution < 1.29 is 14.6 Å². The fourth-order valence-corrected chi connectivity index (χ4v) is 0.927. The Kier molecular flexibility index (Phi) is 3.29. The second-order valence-corrected chi connectivity index (χ2v) is 3.11.